The second-order valence-corrected chi connectivity index (χ2v) is 10.7. The van der Waals surface area contributed by atoms with Gasteiger partial charge >= 0.3 is 5.69 Å². The zero-order chi connectivity index (χ0) is 29.0. The second kappa shape index (κ2) is 11.7. The molecule has 0 saturated heterocycles. The molecule has 0 unspecified atom stereocenters. The first-order valence-corrected chi connectivity index (χ1v) is 13.5. The Balaban J connectivity index is 0.00000181. The first kappa shape index (κ1) is 28.5. The molecule has 5 aromatic rings. The number of aromatic nitrogens is 4. The van der Waals surface area contributed by atoms with Crippen molar-refractivity contribution in [3.05, 3.63) is 111 Å². The van der Waals surface area contributed by atoms with Crippen LogP contribution in [0.4, 0.5) is 15.9 Å². The van der Waals surface area contributed by atoms with Crippen LogP contribution in [0.25, 0.3) is 22.2 Å². The predicted molar refractivity (Wildman–Crippen MR) is 161 cm³/mol. The van der Waals surface area contributed by atoms with Gasteiger partial charge in [-0.25, -0.2) is 9.78 Å². The Morgan fingerprint density at radius 1 is 0.900 bits per heavy atom. The Hall–Kier alpha value is -4.46. The third-order valence-electron chi connectivity index (χ3n) is 6.36. The monoisotopic (exact) mass is 541 g/mol. The molecule has 3 heterocycles. The smallest absolute Gasteiger partial charge is 0.331 e. The fraction of sp³-hybridized carbons (Fsp3) is 0.281. The average molecular weight is 542 g/mol. The molecule has 0 saturated carbocycles. The number of benzene rings is 2. The van der Waals surface area contributed by atoms with E-state index in [0.717, 1.165) is 16.8 Å². The molecule has 2 aromatic carbocycles. The number of nitrogens with one attached hydrogen (secondary N) is 1. The molecule has 1 N–H and O–H groups in total. The summed E-state index contributed by atoms with van der Waals surface area (Å²) in [6, 6.07) is 22.1. The summed E-state index contributed by atoms with van der Waals surface area (Å²) >= 11 is 0. The van der Waals surface area contributed by atoms with E-state index in [1.165, 1.54) is 17.7 Å². The highest BCUT2D eigenvalue weighted by Crippen LogP contribution is 2.30. The minimum Gasteiger partial charge on any atom is -0.340 e. The highest BCUT2D eigenvalue weighted by Gasteiger charge is 2.23. The highest BCUT2D eigenvalue weighted by molar-refractivity contribution is 5.91. The molecule has 0 aliphatic rings. The summed E-state index contributed by atoms with van der Waals surface area (Å²) in [6.45, 7) is 11.1. The van der Waals surface area contributed by atoms with Crippen LogP contribution in [0, 0.1) is 11.4 Å². The van der Waals surface area contributed by atoms with Gasteiger partial charge in [0.25, 0.3) is 5.56 Å². The van der Waals surface area contributed by atoms with Gasteiger partial charge in [-0.3, -0.25) is 13.9 Å². The Bertz CT molecular complexity index is 1730. The average Bonchev–Trinajstić information content (AvgIpc) is 3.29. The van der Waals surface area contributed by atoms with E-state index in [1.54, 1.807) is 16.7 Å². The number of halogens is 1. The molecule has 0 radical (unpaired) electrons. The van der Waals surface area contributed by atoms with E-state index in [2.05, 4.69) is 31.1 Å². The molecule has 5 rings (SSSR count). The van der Waals surface area contributed by atoms with Gasteiger partial charge in [0.15, 0.2) is 0 Å². The minimum atomic E-state index is -0.523. The van der Waals surface area contributed by atoms with Gasteiger partial charge in [0.1, 0.15) is 11.3 Å². The number of fused-ring (bicyclic) bond motifs is 1. The Morgan fingerprint density at radius 2 is 1.57 bits per heavy atom. The number of hydrogen-bond acceptors (Lipinski definition) is 4. The predicted octanol–water partition coefficient (Wildman–Crippen LogP) is 6.57. The molecule has 7 nitrogen and oxygen atoms in total. The standard InChI is InChI=1S/C30H30FN5O2.C2H6/c1-30(2,3)19-36-26-23(28(37)34(4)29(36)38)18-35(27(26)32-22-9-6-5-7-10-22)17-20-13-15-21(16-14-20)24-11-8-12-25(31)33-24;1-2/h5-16,18,32H,17,19H2,1-4H3;1-2H3. The van der Waals surface area contributed by atoms with Crippen LogP contribution >= 0.6 is 0 Å². The summed E-state index contributed by atoms with van der Waals surface area (Å²) in [6.07, 6.45) is 1.81. The van der Waals surface area contributed by atoms with Crippen LogP contribution < -0.4 is 16.6 Å². The lowest BCUT2D eigenvalue weighted by atomic mass is 9.97. The maximum absolute atomic E-state index is 13.6. The molecular weight excluding hydrogens is 505 g/mol. The van der Waals surface area contributed by atoms with Crippen molar-refractivity contribution >= 4 is 22.4 Å². The van der Waals surface area contributed by atoms with Gasteiger partial charge in [-0.1, -0.05) is 83.1 Å². The Morgan fingerprint density at radius 3 is 2.20 bits per heavy atom. The summed E-state index contributed by atoms with van der Waals surface area (Å²) in [5.41, 5.74) is 2.89. The second-order valence-electron chi connectivity index (χ2n) is 10.7. The number of pyridine rings is 1. The topological polar surface area (TPSA) is 73.8 Å². The highest BCUT2D eigenvalue weighted by atomic mass is 19.1. The molecule has 0 spiro atoms. The van der Waals surface area contributed by atoms with Crippen molar-refractivity contribution in [1.29, 1.82) is 0 Å². The number of hydrogen-bond donors (Lipinski definition) is 1. The van der Waals surface area contributed by atoms with Crippen LogP contribution in [0.15, 0.2) is 88.6 Å². The van der Waals surface area contributed by atoms with Crippen LogP contribution in [0.1, 0.15) is 40.2 Å². The summed E-state index contributed by atoms with van der Waals surface area (Å²) in [4.78, 5) is 30.5. The van der Waals surface area contributed by atoms with E-state index in [-0.39, 0.29) is 16.7 Å². The minimum absolute atomic E-state index is 0.193. The zero-order valence-electron chi connectivity index (χ0n) is 23.9. The molecular formula is C32H36FN5O2. The van der Waals surface area contributed by atoms with E-state index in [1.807, 2.05) is 79.2 Å². The molecule has 0 aliphatic carbocycles. The largest absolute Gasteiger partial charge is 0.340 e. The van der Waals surface area contributed by atoms with Crippen LogP contribution in [-0.2, 0) is 20.1 Å². The van der Waals surface area contributed by atoms with Crippen LogP contribution in [-0.4, -0.2) is 18.7 Å². The fourth-order valence-electron chi connectivity index (χ4n) is 4.60. The number of rotatable bonds is 6. The summed E-state index contributed by atoms with van der Waals surface area (Å²) in [5.74, 6) is 0.145. The number of nitrogens with zero attached hydrogens (tertiary/aromatic N) is 4. The van der Waals surface area contributed by atoms with Gasteiger partial charge in [0.2, 0.25) is 5.95 Å². The van der Waals surface area contributed by atoms with Gasteiger partial charge in [0.05, 0.1) is 11.1 Å². The Labute approximate surface area is 233 Å². The molecule has 8 heteroatoms. The van der Waals surface area contributed by atoms with Crippen LogP contribution in [0.5, 0.6) is 0 Å². The van der Waals surface area contributed by atoms with Crippen molar-refractivity contribution in [3.8, 4) is 11.3 Å². The molecule has 208 valence electrons. The first-order valence-electron chi connectivity index (χ1n) is 13.5. The van der Waals surface area contributed by atoms with Crippen LogP contribution in [0.2, 0.25) is 0 Å². The molecule has 0 amide bonds. The van der Waals surface area contributed by atoms with E-state index >= 15 is 0 Å². The van der Waals surface area contributed by atoms with Crippen molar-refractivity contribution in [2.45, 2.75) is 47.7 Å². The maximum atomic E-state index is 13.6. The van der Waals surface area contributed by atoms with Crippen molar-refractivity contribution in [2.75, 3.05) is 5.32 Å². The fourth-order valence-corrected chi connectivity index (χ4v) is 4.60. The lowest BCUT2D eigenvalue weighted by Gasteiger charge is -2.22. The Kier molecular flexibility index (Phi) is 8.38. The molecule has 0 fully saturated rings. The third-order valence-corrected chi connectivity index (χ3v) is 6.36. The quantitative estimate of drug-likeness (QED) is 0.247. The summed E-state index contributed by atoms with van der Waals surface area (Å²) in [5, 5.41) is 3.93. The van der Waals surface area contributed by atoms with E-state index in [0.29, 0.717) is 35.5 Å². The molecule has 40 heavy (non-hydrogen) atoms. The summed E-state index contributed by atoms with van der Waals surface area (Å²) < 4.78 is 18.4. The van der Waals surface area contributed by atoms with Gasteiger partial charge in [-0.2, -0.15) is 4.39 Å². The van der Waals surface area contributed by atoms with Crippen molar-refractivity contribution < 1.29 is 4.39 Å². The maximum Gasteiger partial charge on any atom is 0.331 e. The van der Waals surface area contributed by atoms with E-state index in [9.17, 15) is 14.0 Å². The van der Waals surface area contributed by atoms with E-state index in [4.69, 9.17) is 0 Å². The molecule has 0 atom stereocenters. The van der Waals surface area contributed by atoms with Crippen LogP contribution in [0.3, 0.4) is 0 Å². The van der Waals surface area contributed by atoms with E-state index < -0.39 is 5.95 Å². The molecule has 0 aliphatic heterocycles. The number of anilines is 2. The molecule has 0 bridgehead atoms. The normalized spacial score (nSPS) is 11.3. The van der Waals surface area contributed by atoms with Gasteiger partial charge in [-0.05, 0) is 35.2 Å². The SMILES string of the molecule is CC.Cn1c(=O)c2cn(Cc3ccc(-c4cccc(F)n4)cc3)c(Nc3ccccc3)c2n(CC(C)(C)C)c1=O. The third kappa shape index (κ3) is 6.06. The number of para-hydroxylation sites is 1. The lowest BCUT2D eigenvalue weighted by Crippen LogP contribution is -2.39. The lowest BCUT2D eigenvalue weighted by molar-refractivity contribution is 0.338. The van der Waals surface area contributed by atoms with Crippen molar-refractivity contribution in [3.63, 3.8) is 0 Å². The van der Waals surface area contributed by atoms with Crippen molar-refractivity contribution in [2.24, 2.45) is 12.5 Å². The molecule has 3 aromatic heterocycles. The first-order chi connectivity index (χ1) is 19.1. The van der Waals surface area contributed by atoms with Gasteiger partial charge < -0.3 is 9.88 Å². The van der Waals surface area contributed by atoms with Gasteiger partial charge in [0, 0.05) is 37.6 Å². The summed E-state index contributed by atoms with van der Waals surface area (Å²) in [7, 11) is 1.52. The van der Waals surface area contributed by atoms with Crippen molar-refractivity contribution in [1.82, 2.24) is 18.7 Å². The van der Waals surface area contributed by atoms with Gasteiger partial charge in [-0.15, -0.1) is 0 Å². The zero-order valence-corrected chi connectivity index (χ0v) is 23.9.